The van der Waals surface area contributed by atoms with Gasteiger partial charge in [-0.1, -0.05) is 29.8 Å². The third kappa shape index (κ3) is 4.03. The third-order valence-corrected chi connectivity index (χ3v) is 3.95. The molecule has 1 aromatic heterocycles. The number of nitrogens with one attached hydrogen (secondary N) is 1. The van der Waals surface area contributed by atoms with E-state index >= 15 is 0 Å². The molecule has 1 amide bonds. The van der Waals surface area contributed by atoms with Gasteiger partial charge in [0.2, 0.25) is 5.91 Å². The highest BCUT2D eigenvalue weighted by Crippen LogP contribution is 2.30. The molecule has 6 heteroatoms. The summed E-state index contributed by atoms with van der Waals surface area (Å²) in [6, 6.07) is 7.55. The van der Waals surface area contributed by atoms with Gasteiger partial charge in [-0.15, -0.1) is 11.3 Å². The van der Waals surface area contributed by atoms with E-state index in [2.05, 4.69) is 10.3 Å². The van der Waals surface area contributed by atoms with Crippen LogP contribution >= 0.6 is 22.9 Å². The van der Waals surface area contributed by atoms with Crippen LogP contribution in [0.2, 0.25) is 5.02 Å². The molecule has 106 valence electrons. The van der Waals surface area contributed by atoms with Crippen LogP contribution in [0.15, 0.2) is 29.6 Å². The Bertz CT molecular complexity index is 585. The molecular formula is C14H16ClN3OS. The van der Waals surface area contributed by atoms with Crippen LogP contribution in [0.5, 0.6) is 0 Å². The number of hydrogen-bond acceptors (Lipinski definition) is 4. The molecule has 0 bridgehead atoms. The number of halogens is 1. The van der Waals surface area contributed by atoms with Crippen LogP contribution in [0.4, 0.5) is 0 Å². The van der Waals surface area contributed by atoms with Crippen molar-refractivity contribution >= 4 is 28.8 Å². The Morgan fingerprint density at radius 3 is 2.95 bits per heavy atom. The molecule has 1 aromatic carbocycles. The van der Waals surface area contributed by atoms with Gasteiger partial charge in [-0.05, 0) is 19.0 Å². The average Bonchev–Trinajstić information content (AvgIpc) is 2.88. The SMILES string of the molecule is NCCCNC(=O)Cc1csc(-c2ccccc2Cl)n1. The second-order valence-corrected chi connectivity index (χ2v) is 5.56. The number of hydrogen-bond donors (Lipinski definition) is 2. The summed E-state index contributed by atoms with van der Waals surface area (Å²) >= 11 is 7.63. The molecule has 0 radical (unpaired) electrons. The highest BCUT2D eigenvalue weighted by molar-refractivity contribution is 7.13. The van der Waals surface area contributed by atoms with Gasteiger partial charge in [0, 0.05) is 17.5 Å². The van der Waals surface area contributed by atoms with Crippen molar-refractivity contribution in [1.29, 1.82) is 0 Å². The minimum Gasteiger partial charge on any atom is -0.356 e. The Hall–Kier alpha value is -1.43. The first-order valence-corrected chi connectivity index (χ1v) is 7.62. The summed E-state index contributed by atoms with van der Waals surface area (Å²) in [6.45, 7) is 1.18. The molecule has 0 fully saturated rings. The summed E-state index contributed by atoms with van der Waals surface area (Å²) in [4.78, 5) is 16.1. The van der Waals surface area contributed by atoms with Gasteiger partial charge in [-0.2, -0.15) is 0 Å². The van der Waals surface area contributed by atoms with Gasteiger partial charge >= 0.3 is 0 Å². The molecule has 0 unspecified atom stereocenters. The van der Waals surface area contributed by atoms with E-state index in [0.29, 0.717) is 18.1 Å². The summed E-state index contributed by atoms with van der Waals surface area (Å²) < 4.78 is 0. The first kappa shape index (κ1) is 15.0. The molecular weight excluding hydrogens is 294 g/mol. The van der Waals surface area contributed by atoms with Crippen LogP contribution in [0, 0.1) is 0 Å². The molecule has 2 aromatic rings. The summed E-state index contributed by atoms with van der Waals surface area (Å²) in [5.74, 6) is -0.0329. The standard InChI is InChI=1S/C14H16ClN3OS/c15-12-5-2-1-4-11(12)14-18-10(9-20-14)8-13(19)17-7-3-6-16/h1-2,4-5,9H,3,6-8,16H2,(H,17,19). The molecule has 0 saturated carbocycles. The number of nitrogens with zero attached hydrogens (tertiary/aromatic N) is 1. The number of carbonyl (C=O) groups is 1. The van der Waals surface area contributed by atoms with Crippen molar-refractivity contribution in [2.75, 3.05) is 13.1 Å². The lowest BCUT2D eigenvalue weighted by Gasteiger charge is -2.02. The number of nitrogens with two attached hydrogens (primary N) is 1. The largest absolute Gasteiger partial charge is 0.356 e. The van der Waals surface area contributed by atoms with E-state index in [0.717, 1.165) is 22.7 Å². The van der Waals surface area contributed by atoms with E-state index < -0.39 is 0 Å². The van der Waals surface area contributed by atoms with Crippen molar-refractivity contribution in [2.24, 2.45) is 5.73 Å². The number of amides is 1. The first-order valence-electron chi connectivity index (χ1n) is 6.37. The first-order chi connectivity index (χ1) is 9.70. The molecule has 1 heterocycles. The lowest BCUT2D eigenvalue weighted by molar-refractivity contribution is -0.120. The fraction of sp³-hybridized carbons (Fsp3) is 0.286. The van der Waals surface area contributed by atoms with Crippen molar-refractivity contribution in [2.45, 2.75) is 12.8 Å². The lowest BCUT2D eigenvalue weighted by atomic mass is 10.2. The van der Waals surface area contributed by atoms with Crippen LogP contribution in [0.25, 0.3) is 10.6 Å². The minimum atomic E-state index is -0.0329. The zero-order valence-electron chi connectivity index (χ0n) is 10.9. The molecule has 3 N–H and O–H groups in total. The van der Waals surface area contributed by atoms with E-state index in [4.69, 9.17) is 17.3 Å². The van der Waals surface area contributed by atoms with Gasteiger partial charge in [0.05, 0.1) is 17.1 Å². The molecule has 0 atom stereocenters. The Balaban J connectivity index is 1.99. The summed E-state index contributed by atoms with van der Waals surface area (Å²) in [7, 11) is 0. The van der Waals surface area contributed by atoms with Crippen molar-refractivity contribution < 1.29 is 4.79 Å². The van der Waals surface area contributed by atoms with E-state index in [-0.39, 0.29) is 12.3 Å². The number of rotatable bonds is 6. The minimum absolute atomic E-state index is 0.0329. The smallest absolute Gasteiger partial charge is 0.226 e. The molecule has 0 aliphatic heterocycles. The maximum absolute atomic E-state index is 11.7. The second kappa shape index (κ2) is 7.38. The van der Waals surface area contributed by atoms with Crippen LogP contribution in [0.3, 0.4) is 0 Å². The fourth-order valence-electron chi connectivity index (χ4n) is 1.70. The summed E-state index contributed by atoms with van der Waals surface area (Å²) in [6.07, 6.45) is 1.07. The molecule has 20 heavy (non-hydrogen) atoms. The summed E-state index contributed by atoms with van der Waals surface area (Å²) in [5.41, 5.74) is 7.03. The Morgan fingerprint density at radius 1 is 1.40 bits per heavy atom. The van der Waals surface area contributed by atoms with Crippen molar-refractivity contribution in [3.63, 3.8) is 0 Å². The Morgan fingerprint density at radius 2 is 2.20 bits per heavy atom. The van der Waals surface area contributed by atoms with Crippen LogP contribution in [-0.2, 0) is 11.2 Å². The maximum Gasteiger partial charge on any atom is 0.226 e. The van der Waals surface area contributed by atoms with Crippen molar-refractivity contribution in [1.82, 2.24) is 10.3 Å². The molecule has 0 saturated heterocycles. The van der Waals surface area contributed by atoms with Gasteiger partial charge in [-0.25, -0.2) is 4.98 Å². The number of aromatic nitrogens is 1. The van der Waals surface area contributed by atoms with Crippen LogP contribution in [0.1, 0.15) is 12.1 Å². The van der Waals surface area contributed by atoms with Gasteiger partial charge in [0.15, 0.2) is 0 Å². The van der Waals surface area contributed by atoms with E-state index in [1.54, 1.807) is 0 Å². The predicted octanol–water partition coefficient (Wildman–Crippen LogP) is 2.47. The van der Waals surface area contributed by atoms with Gasteiger partial charge < -0.3 is 11.1 Å². The zero-order chi connectivity index (χ0) is 14.4. The average molecular weight is 310 g/mol. The highest BCUT2D eigenvalue weighted by Gasteiger charge is 2.10. The number of thiazole rings is 1. The topological polar surface area (TPSA) is 68.0 Å². The molecule has 4 nitrogen and oxygen atoms in total. The molecule has 0 aliphatic carbocycles. The second-order valence-electron chi connectivity index (χ2n) is 4.29. The number of benzene rings is 1. The highest BCUT2D eigenvalue weighted by atomic mass is 35.5. The Kier molecular flexibility index (Phi) is 5.52. The van der Waals surface area contributed by atoms with Crippen molar-refractivity contribution in [3.8, 4) is 10.6 Å². The van der Waals surface area contributed by atoms with Gasteiger partial charge in [0.25, 0.3) is 0 Å². The van der Waals surface area contributed by atoms with E-state index in [9.17, 15) is 4.79 Å². The molecule has 2 rings (SSSR count). The monoisotopic (exact) mass is 309 g/mol. The molecule has 0 spiro atoms. The van der Waals surface area contributed by atoms with Gasteiger partial charge in [-0.3, -0.25) is 4.79 Å². The normalized spacial score (nSPS) is 10.5. The fourth-order valence-corrected chi connectivity index (χ4v) is 2.84. The molecule has 0 aliphatic rings. The number of carbonyl (C=O) groups excluding carboxylic acids is 1. The lowest BCUT2D eigenvalue weighted by Crippen LogP contribution is -2.27. The predicted molar refractivity (Wildman–Crippen MR) is 82.9 cm³/mol. The maximum atomic E-state index is 11.7. The van der Waals surface area contributed by atoms with E-state index in [1.807, 2.05) is 29.6 Å². The Labute approximate surface area is 127 Å². The van der Waals surface area contributed by atoms with E-state index in [1.165, 1.54) is 11.3 Å². The third-order valence-electron chi connectivity index (χ3n) is 2.70. The zero-order valence-corrected chi connectivity index (χ0v) is 12.5. The summed E-state index contributed by atoms with van der Waals surface area (Å²) in [5, 5.41) is 6.20. The van der Waals surface area contributed by atoms with Crippen LogP contribution in [-0.4, -0.2) is 24.0 Å². The quantitative estimate of drug-likeness (QED) is 0.806. The van der Waals surface area contributed by atoms with Crippen LogP contribution < -0.4 is 11.1 Å². The van der Waals surface area contributed by atoms with Gasteiger partial charge in [0.1, 0.15) is 5.01 Å². The van der Waals surface area contributed by atoms with Crippen molar-refractivity contribution in [3.05, 3.63) is 40.4 Å².